The highest BCUT2D eigenvalue weighted by Gasteiger charge is 2.06. The fourth-order valence-electron chi connectivity index (χ4n) is 1.81. The highest BCUT2D eigenvalue weighted by atomic mass is 16.5. The van der Waals surface area contributed by atoms with Gasteiger partial charge in [-0.15, -0.1) is 0 Å². The number of ether oxygens (including phenoxy) is 1. The first-order chi connectivity index (χ1) is 8.78. The minimum Gasteiger partial charge on any atom is -0.497 e. The summed E-state index contributed by atoms with van der Waals surface area (Å²) >= 11 is 0. The molecule has 18 heavy (non-hydrogen) atoms. The Hall–Kier alpha value is -2.56. The van der Waals surface area contributed by atoms with Gasteiger partial charge in [0.15, 0.2) is 5.65 Å². The Kier molecular flexibility index (Phi) is 2.37. The van der Waals surface area contributed by atoms with Crippen LogP contribution >= 0.6 is 0 Å². The van der Waals surface area contributed by atoms with Crippen LogP contribution in [0.4, 0.5) is 0 Å². The molecule has 0 bridgehead atoms. The Morgan fingerprint density at radius 1 is 1.17 bits per heavy atom. The Morgan fingerprint density at radius 3 is 2.67 bits per heavy atom. The van der Waals surface area contributed by atoms with Crippen LogP contribution in [0.3, 0.4) is 0 Å². The molecular weight excluding hydrogens is 230 g/mol. The summed E-state index contributed by atoms with van der Waals surface area (Å²) < 4.78 is 6.48. The van der Waals surface area contributed by atoms with Crippen LogP contribution in [0.15, 0.2) is 42.6 Å². The number of benzene rings is 1. The quantitative estimate of drug-likeness (QED) is 0.746. The summed E-state index contributed by atoms with van der Waals surface area (Å²) in [6.07, 6.45) is 1.60. The lowest BCUT2D eigenvalue weighted by Gasteiger charge is -2.05. The van der Waals surface area contributed by atoms with Crippen LogP contribution in [0.2, 0.25) is 0 Å². The van der Waals surface area contributed by atoms with Crippen molar-refractivity contribution in [2.24, 2.45) is 0 Å². The monoisotopic (exact) mass is 241 g/mol. The number of methoxy groups -OCH3 is 1. The predicted octanol–water partition coefficient (Wildman–Crippen LogP) is 2.11. The van der Waals surface area contributed by atoms with Gasteiger partial charge in [0.2, 0.25) is 5.88 Å². The molecule has 90 valence electrons. The molecule has 3 rings (SSSR count). The first kappa shape index (κ1) is 10.6. The van der Waals surface area contributed by atoms with E-state index in [1.54, 1.807) is 25.4 Å². The lowest BCUT2D eigenvalue weighted by Crippen LogP contribution is -1.93. The average Bonchev–Trinajstić information content (AvgIpc) is 2.88. The lowest BCUT2D eigenvalue weighted by atomic mass is 10.1. The van der Waals surface area contributed by atoms with Crippen molar-refractivity contribution in [3.8, 4) is 22.9 Å². The molecule has 0 saturated heterocycles. The molecule has 0 saturated carbocycles. The summed E-state index contributed by atoms with van der Waals surface area (Å²) in [5.41, 5.74) is 2.22. The van der Waals surface area contributed by atoms with Crippen molar-refractivity contribution in [3.63, 3.8) is 0 Å². The van der Waals surface area contributed by atoms with Gasteiger partial charge in [-0.2, -0.15) is 9.61 Å². The van der Waals surface area contributed by atoms with Crippen LogP contribution in [0.1, 0.15) is 0 Å². The van der Waals surface area contributed by atoms with Crippen molar-refractivity contribution in [3.05, 3.63) is 42.6 Å². The molecule has 2 heterocycles. The van der Waals surface area contributed by atoms with Gasteiger partial charge in [0, 0.05) is 17.7 Å². The molecule has 0 spiro atoms. The van der Waals surface area contributed by atoms with Crippen LogP contribution in [-0.2, 0) is 0 Å². The molecule has 1 N–H and O–H groups in total. The zero-order valence-electron chi connectivity index (χ0n) is 9.74. The molecule has 5 nitrogen and oxygen atoms in total. The van der Waals surface area contributed by atoms with Crippen LogP contribution in [-0.4, -0.2) is 26.8 Å². The number of hydrogen-bond donors (Lipinski definition) is 1. The second kappa shape index (κ2) is 4.03. The van der Waals surface area contributed by atoms with E-state index in [1.165, 1.54) is 4.52 Å². The van der Waals surface area contributed by atoms with Crippen molar-refractivity contribution >= 4 is 5.65 Å². The second-order valence-corrected chi connectivity index (χ2v) is 3.83. The molecule has 1 aromatic carbocycles. The molecule has 0 fully saturated rings. The third-order valence-electron chi connectivity index (χ3n) is 2.73. The van der Waals surface area contributed by atoms with Crippen molar-refractivity contribution in [1.82, 2.24) is 14.6 Å². The van der Waals surface area contributed by atoms with Crippen molar-refractivity contribution < 1.29 is 9.84 Å². The van der Waals surface area contributed by atoms with E-state index < -0.39 is 0 Å². The highest BCUT2D eigenvalue weighted by Crippen LogP contribution is 2.24. The molecule has 0 aliphatic carbocycles. The van der Waals surface area contributed by atoms with E-state index in [0.717, 1.165) is 11.3 Å². The van der Waals surface area contributed by atoms with E-state index in [0.29, 0.717) is 11.3 Å². The van der Waals surface area contributed by atoms with E-state index >= 15 is 0 Å². The van der Waals surface area contributed by atoms with Gasteiger partial charge >= 0.3 is 0 Å². The zero-order chi connectivity index (χ0) is 12.5. The smallest absolute Gasteiger partial charge is 0.216 e. The molecule has 3 aromatic rings. The second-order valence-electron chi connectivity index (χ2n) is 3.83. The molecule has 5 heteroatoms. The number of fused-ring (bicyclic) bond motifs is 1. The van der Waals surface area contributed by atoms with Crippen LogP contribution in [0.25, 0.3) is 16.9 Å². The van der Waals surface area contributed by atoms with Crippen LogP contribution in [0.5, 0.6) is 11.6 Å². The van der Waals surface area contributed by atoms with E-state index in [9.17, 15) is 5.11 Å². The number of aromatic nitrogens is 3. The van der Waals surface area contributed by atoms with Crippen molar-refractivity contribution in [2.45, 2.75) is 0 Å². The van der Waals surface area contributed by atoms with E-state index in [1.807, 2.05) is 24.3 Å². The fourth-order valence-corrected chi connectivity index (χ4v) is 1.81. The molecule has 0 aliphatic rings. The Balaban J connectivity index is 2.12. The minimum absolute atomic E-state index is 0.0656. The van der Waals surface area contributed by atoms with Gasteiger partial charge in [0.05, 0.1) is 19.0 Å². The van der Waals surface area contributed by atoms with E-state index in [2.05, 4.69) is 10.1 Å². The maximum Gasteiger partial charge on any atom is 0.216 e. The lowest BCUT2D eigenvalue weighted by molar-refractivity contribution is 0.415. The number of rotatable bonds is 2. The molecule has 0 aliphatic heterocycles. The maximum atomic E-state index is 9.84. The van der Waals surface area contributed by atoms with Gasteiger partial charge in [-0.05, 0) is 24.3 Å². The summed E-state index contributed by atoms with van der Waals surface area (Å²) in [6.45, 7) is 0. The first-order valence-electron chi connectivity index (χ1n) is 5.46. The summed E-state index contributed by atoms with van der Waals surface area (Å²) in [5, 5.41) is 13.8. The highest BCUT2D eigenvalue weighted by molar-refractivity contribution is 5.63. The van der Waals surface area contributed by atoms with Gasteiger partial charge in [-0.1, -0.05) is 0 Å². The van der Waals surface area contributed by atoms with Crippen molar-refractivity contribution in [1.29, 1.82) is 0 Å². The molecule has 2 aromatic heterocycles. The van der Waals surface area contributed by atoms with Crippen LogP contribution < -0.4 is 4.74 Å². The molecule has 0 atom stereocenters. The summed E-state index contributed by atoms with van der Waals surface area (Å²) in [4.78, 5) is 4.42. The topological polar surface area (TPSA) is 59.7 Å². The van der Waals surface area contributed by atoms with Gasteiger partial charge in [-0.3, -0.25) is 0 Å². The van der Waals surface area contributed by atoms with Gasteiger partial charge in [0.25, 0.3) is 0 Å². The third kappa shape index (κ3) is 1.66. The third-order valence-corrected chi connectivity index (χ3v) is 2.73. The van der Waals surface area contributed by atoms with Crippen LogP contribution in [0, 0.1) is 0 Å². The maximum absolute atomic E-state index is 9.84. The van der Waals surface area contributed by atoms with Gasteiger partial charge < -0.3 is 9.84 Å². The molecule has 0 radical (unpaired) electrons. The first-order valence-corrected chi connectivity index (χ1v) is 5.46. The van der Waals surface area contributed by atoms with E-state index in [-0.39, 0.29) is 5.88 Å². The minimum atomic E-state index is 0.0656. The summed E-state index contributed by atoms with van der Waals surface area (Å²) in [5.74, 6) is 0.851. The Bertz CT molecular complexity index is 689. The molecule has 0 amide bonds. The zero-order valence-corrected chi connectivity index (χ0v) is 9.74. The average molecular weight is 241 g/mol. The van der Waals surface area contributed by atoms with E-state index in [4.69, 9.17) is 4.74 Å². The largest absolute Gasteiger partial charge is 0.497 e. The predicted molar refractivity (Wildman–Crippen MR) is 66.6 cm³/mol. The Morgan fingerprint density at radius 2 is 1.94 bits per heavy atom. The summed E-state index contributed by atoms with van der Waals surface area (Å²) in [7, 11) is 1.62. The Labute approximate surface area is 103 Å². The van der Waals surface area contributed by atoms with Crippen molar-refractivity contribution in [2.75, 3.05) is 7.11 Å². The molecule has 0 unspecified atom stereocenters. The standard InChI is InChI=1S/C13H11N3O2/c1-18-10-4-2-9(3-5-10)11-8-13(17)16-12(15-11)6-7-14-16/h2-8,17H,1H3. The molecular formula is C13H11N3O2. The van der Waals surface area contributed by atoms with Gasteiger partial charge in [-0.25, -0.2) is 4.98 Å². The normalized spacial score (nSPS) is 10.7. The summed E-state index contributed by atoms with van der Waals surface area (Å²) in [6, 6.07) is 10.8. The number of nitrogens with zero attached hydrogens (tertiary/aromatic N) is 3. The van der Waals surface area contributed by atoms with Gasteiger partial charge in [0.1, 0.15) is 5.75 Å². The fraction of sp³-hybridized carbons (Fsp3) is 0.0769. The number of hydrogen-bond acceptors (Lipinski definition) is 4. The SMILES string of the molecule is COc1ccc(-c2cc(O)n3nccc3n2)cc1. The number of aromatic hydroxyl groups is 1.